The molecule has 2 N–H and O–H groups in total. The molecule has 6 aromatic carbocycles. The largest absolute Gasteiger partial charge is 0.471 e. The number of halogens is 6. The van der Waals surface area contributed by atoms with E-state index in [1.165, 1.54) is 0 Å². The topological polar surface area (TPSA) is 64.7 Å². The first-order chi connectivity index (χ1) is 29.9. The molecule has 0 atom stereocenters. The summed E-state index contributed by atoms with van der Waals surface area (Å²) in [5, 5.41) is 4.08. The van der Waals surface area contributed by atoms with Gasteiger partial charge in [0.2, 0.25) is 0 Å². The molecule has 0 aliphatic carbocycles. The molecule has 6 aromatic rings. The van der Waals surface area contributed by atoms with Gasteiger partial charge in [-0.05, 0) is 46.2 Å². The van der Waals surface area contributed by atoms with Gasteiger partial charge in [-0.1, -0.05) is 182 Å². The van der Waals surface area contributed by atoms with E-state index in [1.54, 1.807) is 0 Å². The predicted molar refractivity (Wildman–Crippen MR) is 229 cm³/mol. The second-order valence-corrected chi connectivity index (χ2v) is 14.8. The normalized spacial score (nSPS) is 12.3. The van der Waals surface area contributed by atoms with E-state index in [0.29, 0.717) is 0 Å². The second-order valence-electron chi connectivity index (χ2n) is 14.8. The molecule has 0 saturated carbocycles. The highest BCUT2D eigenvalue weighted by atomic mass is 19.4. The van der Waals surface area contributed by atoms with Crippen LogP contribution in [0.2, 0.25) is 0 Å². The number of rotatable bonds is 19. The summed E-state index contributed by atoms with van der Waals surface area (Å²) < 4.78 is 80.1. The van der Waals surface area contributed by atoms with Crippen LogP contribution in [0.15, 0.2) is 182 Å². The van der Waals surface area contributed by atoms with Crippen LogP contribution in [0, 0.1) is 0 Å². The van der Waals surface area contributed by atoms with E-state index >= 15 is 0 Å². The van der Waals surface area contributed by atoms with Crippen molar-refractivity contribution in [1.29, 1.82) is 0 Å². The Balaban J connectivity index is 1.54. The second kappa shape index (κ2) is 20.5. The van der Waals surface area contributed by atoms with Crippen molar-refractivity contribution in [1.82, 2.24) is 20.4 Å². The molecule has 0 saturated heterocycles. The molecule has 6 nitrogen and oxygen atoms in total. The maximum atomic E-state index is 13.4. The Morgan fingerprint density at radius 1 is 0.355 bits per heavy atom. The minimum Gasteiger partial charge on any atom is -0.348 e. The molecule has 12 heteroatoms. The standard InChI is InChI=1S/C50H48F6N4O2/c51-49(52,53)45(61)57-33-19-35-59(47(39-21-7-1-8-22-39,40-23-9-2-10-24-40)41-25-11-3-12-26-41)37-38-60(36-20-34-58-46(62)50(54,55)56)48(42-27-13-4-14-28-42,43-29-15-5-16-30-43)44-31-17-6-18-32-44/h1-18,21-32H,19-20,33-38H2,(H,57,61)(H,58,62). The summed E-state index contributed by atoms with van der Waals surface area (Å²) in [6.07, 6.45) is -9.81. The van der Waals surface area contributed by atoms with Crippen LogP contribution in [0.4, 0.5) is 26.3 Å². The number of benzene rings is 6. The molecule has 62 heavy (non-hydrogen) atoms. The van der Waals surface area contributed by atoms with Crippen LogP contribution in [-0.2, 0) is 20.7 Å². The number of hydrogen-bond acceptors (Lipinski definition) is 4. The summed E-state index contributed by atoms with van der Waals surface area (Å²) >= 11 is 0. The molecular formula is C50H48F6N4O2. The average molecular weight is 851 g/mol. The highest BCUT2D eigenvalue weighted by molar-refractivity contribution is 5.82. The van der Waals surface area contributed by atoms with Crippen LogP contribution in [0.1, 0.15) is 46.2 Å². The van der Waals surface area contributed by atoms with Crippen molar-refractivity contribution in [2.45, 2.75) is 36.3 Å². The number of hydrogen-bond donors (Lipinski definition) is 2. The summed E-state index contributed by atoms with van der Waals surface area (Å²) in [6, 6.07) is 58.9. The lowest BCUT2D eigenvalue weighted by Crippen LogP contribution is -2.55. The van der Waals surface area contributed by atoms with Crippen LogP contribution in [0.3, 0.4) is 0 Å². The summed E-state index contributed by atoms with van der Waals surface area (Å²) in [5.41, 5.74) is 3.27. The third-order valence-electron chi connectivity index (χ3n) is 11.0. The van der Waals surface area contributed by atoms with Gasteiger partial charge < -0.3 is 10.6 Å². The molecule has 0 fully saturated rings. The molecule has 0 heterocycles. The van der Waals surface area contributed by atoms with Gasteiger partial charge in [0.1, 0.15) is 0 Å². The molecule has 2 amide bonds. The van der Waals surface area contributed by atoms with Gasteiger partial charge in [0.05, 0.1) is 11.1 Å². The number of alkyl halides is 6. The van der Waals surface area contributed by atoms with Crippen molar-refractivity contribution in [3.63, 3.8) is 0 Å². The Hall–Kier alpha value is -6.24. The summed E-state index contributed by atoms with van der Waals surface area (Å²) in [4.78, 5) is 28.4. The number of nitrogens with one attached hydrogen (secondary N) is 2. The lowest BCUT2D eigenvalue weighted by molar-refractivity contribution is -0.173. The van der Waals surface area contributed by atoms with Crippen LogP contribution < -0.4 is 10.6 Å². The quantitative estimate of drug-likeness (QED) is 0.0485. The molecule has 0 spiro atoms. The fraction of sp³-hybridized carbons (Fsp3) is 0.240. The summed E-state index contributed by atoms with van der Waals surface area (Å²) in [6.45, 7) is 0.453. The molecule has 0 radical (unpaired) electrons. The molecule has 0 aliphatic heterocycles. The smallest absolute Gasteiger partial charge is 0.348 e. The lowest BCUT2D eigenvalue weighted by Gasteiger charge is -2.49. The Morgan fingerprint density at radius 2 is 0.565 bits per heavy atom. The Kier molecular flexibility index (Phi) is 15.0. The Labute approximate surface area is 358 Å². The highest BCUT2D eigenvalue weighted by Gasteiger charge is 2.46. The fourth-order valence-electron chi connectivity index (χ4n) is 8.45. The third kappa shape index (κ3) is 10.3. The van der Waals surface area contributed by atoms with Gasteiger partial charge >= 0.3 is 24.2 Å². The average Bonchev–Trinajstić information content (AvgIpc) is 3.29. The predicted octanol–water partition coefficient (Wildman–Crippen LogP) is 9.71. The zero-order valence-corrected chi connectivity index (χ0v) is 34.0. The van der Waals surface area contributed by atoms with Crippen LogP contribution in [0.5, 0.6) is 0 Å². The first kappa shape index (κ1) is 45.3. The first-order valence-electron chi connectivity index (χ1n) is 20.4. The monoisotopic (exact) mass is 850 g/mol. The number of amides is 2. The molecule has 0 aliphatic rings. The third-order valence-corrected chi connectivity index (χ3v) is 11.0. The summed E-state index contributed by atoms with van der Waals surface area (Å²) in [5.74, 6) is -4.04. The van der Waals surface area contributed by atoms with E-state index in [0.717, 1.165) is 33.4 Å². The van der Waals surface area contributed by atoms with E-state index in [-0.39, 0.29) is 52.1 Å². The van der Waals surface area contributed by atoms with Gasteiger partial charge in [0.25, 0.3) is 0 Å². The van der Waals surface area contributed by atoms with Crippen LogP contribution >= 0.6 is 0 Å². The van der Waals surface area contributed by atoms with Gasteiger partial charge in [-0.15, -0.1) is 0 Å². The molecule has 322 valence electrons. The Morgan fingerprint density at radius 3 is 0.758 bits per heavy atom. The van der Waals surface area contributed by atoms with Gasteiger partial charge in [-0.25, -0.2) is 0 Å². The van der Waals surface area contributed by atoms with E-state index in [9.17, 15) is 35.9 Å². The number of carbonyl (C=O) groups is 2. The minimum absolute atomic E-state index is 0.140. The van der Waals surface area contributed by atoms with Crippen molar-refractivity contribution in [2.75, 3.05) is 39.3 Å². The van der Waals surface area contributed by atoms with Crippen molar-refractivity contribution in [2.24, 2.45) is 0 Å². The van der Waals surface area contributed by atoms with Gasteiger partial charge in [0.15, 0.2) is 0 Å². The van der Waals surface area contributed by atoms with E-state index in [2.05, 4.69) is 9.80 Å². The van der Waals surface area contributed by atoms with Crippen LogP contribution in [-0.4, -0.2) is 73.2 Å². The van der Waals surface area contributed by atoms with E-state index in [4.69, 9.17) is 0 Å². The lowest BCUT2D eigenvalue weighted by atomic mass is 9.74. The highest BCUT2D eigenvalue weighted by Crippen LogP contribution is 2.45. The maximum absolute atomic E-state index is 13.4. The molecular weight excluding hydrogens is 803 g/mol. The molecule has 0 unspecified atom stereocenters. The fourth-order valence-corrected chi connectivity index (χ4v) is 8.45. The molecule has 6 rings (SSSR count). The van der Waals surface area contributed by atoms with Crippen LogP contribution in [0.25, 0.3) is 0 Å². The van der Waals surface area contributed by atoms with Crippen molar-refractivity contribution >= 4 is 11.8 Å². The van der Waals surface area contributed by atoms with Crippen molar-refractivity contribution < 1.29 is 35.9 Å². The van der Waals surface area contributed by atoms with Gasteiger partial charge in [-0.3, -0.25) is 19.4 Å². The number of nitrogens with zero attached hydrogens (tertiary/aromatic N) is 2. The van der Waals surface area contributed by atoms with E-state index < -0.39 is 35.2 Å². The molecule has 0 aromatic heterocycles. The van der Waals surface area contributed by atoms with Crippen molar-refractivity contribution in [3.8, 4) is 0 Å². The maximum Gasteiger partial charge on any atom is 0.471 e. The zero-order valence-electron chi connectivity index (χ0n) is 34.0. The van der Waals surface area contributed by atoms with Gasteiger partial charge in [-0.2, -0.15) is 26.3 Å². The summed E-state index contributed by atoms with van der Waals surface area (Å²) in [7, 11) is 0. The van der Waals surface area contributed by atoms with Gasteiger partial charge in [0, 0.05) is 39.3 Å². The SMILES string of the molecule is O=C(NCCCN(CCN(CCCNC(=O)C(F)(F)F)C(c1ccccc1)(c1ccccc1)c1ccccc1)C(c1ccccc1)(c1ccccc1)c1ccccc1)C(F)(F)F. The number of carbonyl (C=O) groups excluding carboxylic acids is 2. The van der Waals surface area contributed by atoms with Crippen molar-refractivity contribution in [3.05, 3.63) is 215 Å². The Bertz CT molecular complexity index is 1920. The molecule has 0 bridgehead atoms. The zero-order chi connectivity index (χ0) is 44.1. The van der Waals surface area contributed by atoms with E-state index in [1.807, 2.05) is 193 Å². The minimum atomic E-state index is -5.04. The first-order valence-corrected chi connectivity index (χ1v) is 20.4.